The van der Waals surface area contributed by atoms with Crippen LogP contribution in [-0.4, -0.2) is 50.8 Å². The third kappa shape index (κ3) is 4.53. The molecule has 0 saturated carbocycles. The molecule has 0 radical (unpaired) electrons. The minimum Gasteiger partial charge on any atom is -0.377 e. The van der Waals surface area contributed by atoms with E-state index < -0.39 is 0 Å². The molecule has 1 saturated heterocycles. The van der Waals surface area contributed by atoms with Gasteiger partial charge in [-0.1, -0.05) is 18.6 Å². The number of hydrogen-bond donors (Lipinski definition) is 1. The van der Waals surface area contributed by atoms with Crippen molar-refractivity contribution in [3.8, 4) is 0 Å². The maximum absolute atomic E-state index is 5.33. The van der Waals surface area contributed by atoms with Crippen LogP contribution >= 0.6 is 0 Å². The standard InChI is InChI=1S/C15H27N3O/c1-13-4-3-9-18(12-13)15(16-2)17-8-5-14-6-10-19-11-7-14/h6,13H,3-5,7-12H2,1-2H3,(H,16,17). The first-order chi connectivity index (χ1) is 9.29. The summed E-state index contributed by atoms with van der Waals surface area (Å²) in [6.45, 7) is 7.24. The molecule has 1 unspecified atom stereocenters. The van der Waals surface area contributed by atoms with Crippen molar-refractivity contribution in [2.45, 2.75) is 32.6 Å². The Bertz CT molecular complexity index is 338. The van der Waals surface area contributed by atoms with Gasteiger partial charge in [-0.3, -0.25) is 4.99 Å². The zero-order valence-corrected chi connectivity index (χ0v) is 12.3. The molecule has 1 fully saturated rings. The average Bonchev–Trinajstić information content (AvgIpc) is 2.45. The normalized spacial score (nSPS) is 25.2. The highest BCUT2D eigenvalue weighted by molar-refractivity contribution is 5.79. The van der Waals surface area contributed by atoms with Crippen LogP contribution < -0.4 is 5.32 Å². The van der Waals surface area contributed by atoms with E-state index in [1.54, 1.807) is 0 Å². The van der Waals surface area contributed by atoms with Crippen molar-refractivity contribution < 1.29 is 4.74 Å². The fourth-order valence-corrected chi connectivity index (χ4v) is 2.84. The van der Waals surface area contributed by atoms with E-state index in [4.69, 9.17) is 4.74 Å². The maximum Gasteiger partial charge on any atom is 0.193 e. The molecule has 2 aliphatic rings. The first-order valence-corrected chi connectivity index (χ1v) is 7.51. The van der Waals surface area contributed by atoms with E-state index in [9.17, 15) is 0 Å². The Balaban J connectivity index is 1.74. The van der Waals surface area contributed by atoms with Crippen LogP contribution in [0.25, 0.3) is 0 Å². The van der Waals surface area contributed by atoms with Crippen LogP contribution in [0.1, 0.15) is 32.6 Å². The first-order valence-electron chi connectivity index (χ1n) is 7.51. The predicted molar refractivity (Wildman–Crippen MR) is 79.5 cm³/mol. The van der Waals surface area contributed by atoms with Gasteiger partial charge in [0.25, 0.3) is 0 Å². The fourth-order valence-electron chi connectivity index (χ4n) is 2.84. The second kappa shape index (κ2) is 7.53. The molecule has 2 heterocycles. The van der Waals surface area contributed by atoms with Crippen molar-refractivity contribution in [2.24, 2.45) is 10.9 Å². The number of likely N-dealkylation sites (tertiary alicyclic amines) is 1. The lowest BCUT2D eigenvalue weighted by Gasteiger charge is -2.33. The highest BCUT2D eigenvalue weighted by Crippen LogP contribution is 2.15. The van der Waals surface area contributed by atoms with E-state index in [1.807, 2.05) is 7.05 Å². The molecule has 0 aromatic heterocycles. The average molecular weight is 265 g/mol. The Hall–Kier alpha value is -1.03. The summed E-state index contributed by atoms with van der Waals surface area (Å²) in [7, 11) is 1.88. The van der Waals surface area contributed by atoms with Crippen molar-refractivity contribution in [1.29, 1.82) is 0 Å². The molecule has 4 heteroatoms. The maximum atomic E-state index is 5.33. The number of ether oxygens (including phenoxy) is 1. The van der Waals surface area contributed by atoms with Gasteiger partial charge in [0, 0.05) is 26.7 Å². The number of guanidine groups is 1. The quantitative estimate of drug-likeness (QED) is 0.482. The summed E-state index contributed by atoms with van der Waals surface area (Å²) in [5, 5.41) is 3.50. The molecule has 2 rings (SSSR count). The highest BCUT2D eigenvalue weighted by Gasteiger charge is 2.18. The topological polar surface area (TPSA) is 36.9 Å². The van der Waals surface area contributed by atoms with Crippen molar-refractivity contribution in [2.75, 3.05) is 39.9 Å². The van der Waals surface area contributed by atoms with Crippen LogP contribution in [0.15, 0.2) is 16.6 Å². The van der Waals surface area contributed by atoms with E-state index in [0.29, 0.717) is 0 Å². The number of rotatable bonds is 3. The fraction of sp³-hybridized carbons (Fsp3) is 0.800. The molecule has 0 bridgehead atoms. The molecule has 19 heavy (non-hydrogen) atoms. The summed E-state index contributed by atoms with van der Waals surface area (Å²) >= 11 is 0. The monoisotopic (exact) mass is 265 g/mol. The number of hydrogen-bond acceptors (Lipinski definition) is 2. The number of nitrogens with one attached hydrogen (secondary N) is 1. The van der Waals surface area contributed by atoms with Gasteiger partial charge in [0.05, 0.1) is 13.2 Å². The lowest BCUT2D eigenvalue weighted by atomic mass is 10.0. The zero-order valence-electron chi connectivity index (χ0n) is 12.3. The second-order valence-electron chi connectivity index (χ2n) is 5.60. The van der Waals surface area contributed by atoms with Gasteiger partial charge in [-0.25, -0.2) is 0 Å². The van der Waals surface area contributed by atoms with Crippen molar-refractivity contribution in [3.05, 3.63) is 11.6 Å². The summed E-state index contributed by atoms with van der Waals surface area (Å²) < 4.78 is 5.33. The molecule has 2 aliphatic heterocycles. The van der Waals surface area contributed by atoms with Crippen LogP contribution in [-0.2, 0) is 4.74 Å². The van der Waals surface area contributed by atoms with Gasteiger partial charge in [-0.2, -0.15) is 0 Å². The van der Waals surface area contributed by atoms with Gasteiger partial charge < -0.3 is 15.0 Å². The Kier molecular flexibility index (Phi) is 5.70. The second-order valence-corrected chi connectivity index (χ2v) is 5.60. The van der Waals surface area contributed by atoms with Crippen LogP contribution in [0.5, 0.6) is 0 Å². The summed E-state index contributed by atoms with van der Waals surface area (Å²) in [6, 6.07) is 0. The van der Waals surface area contributed by atoms with Gasteiger partial charge in [0.1, 0.15) is 0 Å². The minimum absolute atomic E-state index is 0.783. The summed E-state index contributed by atoms with van der Waals surface area (Å²) in [5.41, 5.74) is 1.52. The summed E-state index contributed by atoms with van der Waals surface area (Å²) in [5.74, 6) is 1.85. The number of nitrogens with zero attached hydrogens (tertiary/aromatic N) is 2. The molecular formula is C15H27N3O. The van der Waals surface area contributed by atoms with Crippen LogP contribution in [0.4, 0.5) is 0 Å². The van der Waals surface area contributed by atoms with Crippen molar-refractivity contribution >= 4 is 5.96 Å². The van der Waals surface area contributed by atoms with Gasteiger partial charge in [-0.15, -0.1) is 0 Å². The van der Waals surface area contributed by atoms with E-state index in [0.717, 1.165) is 57.6 Å². The molecule has 0 amide bonds. The molecule has 108 valence electrons. The molecule has 4 nitrogen and oxygen atoms in total. The van der Waals surface area contributed by atoms with E-state index in [-0.39, 0.29) is 0 Å². The molecular weight excluding hydrogens is 238 g/mol. The summed E-state index contributed by atoms with van der Waals surface area (Å²) in [4.78, 5) is 6.81. The SMILES string of the molecule is CN=C(NCCC1=CCOCC1)N1CCCC(C)C1. The van der Waals surface area contributed by atoms with Gasteiger partial charge >= 0.3 is 0 Å². The third-order valence-corrected chi connectivity index (χ3v) is 3.95. The third-order valence-electron chi connectivity index (χ3n) is 3.95. The van der Waals surface area contributed by atoms with Crippen LogP contribution in [0, 0.1) is 5.92 Å². The van der Waals surface area contributed by atoms with Gasteiger partial charge in [0.2, 0.25) is 0 Å². The predicted octanol–water partition coefficient (Wildman–Crippen LogP) is 2.03. The lowest BCUT2D eigenvalue weighted by molar-refractivity contribution is 0.153. The van der Waals surface area contributed by atoms with Gasteiger partial charge in [-0.05, 0) is 31.6 Å². The molecule has 0 spiro atoms. The Morgan fingerprint density at radius 3 is 3.16 bits per heavy atom. The minimum atomic E-state index is 0.783. The van der Waals surface area contributed by atoms with E-state index in [1.165, 1.54) is 18.4 Å². The molecule has 0 aromatic rings. The largest absolute Gasteiger partial charge is 0.377 e. The first kappa shape index (κ1) is 14.4. The zero-order chi connectivity index (χ0) is 13.5. The number of piperidine rings is 1. The Labute approximate surface area is 116 Å². The van der Waals surface area contributed by atoms with E-state index in [2.05, 4.69) is 28.2 Å². The van der Waals surface area contributed by atoms with Crippen molar-refractivity contribution in [3.63, 3.8) is 0 Å². The molecule has 1 atom stereocenters. The smallest absolute Gasteiger partial charge is 0.193 e. The lowest BCUT2D eigenvalue weighted by Crippen LogP contribution is -2.46. The van der Waals surface area contributed by atoms with Gasteiger partial charge in [0.15, 0.2) is 5.96 Å². The highest BCUT2D eigenvalue weighted by atomic mass is 16.5. The van der Waals surface area contributed by atoms with Crippen LogP contribution in [0.3, 0.4) is 0 Å². The Morgan fingerprint density at radius 1 is 1.58 bits per heavy atom. The number of aliphatic imine (C=N–C) groups is 1. The molecule has 0 aliphatic carbocycles. The molecule has 0 aromatic carbocycles. The van der Waals surface area contributed by atoms with Crippen LogP contribution in [0.2, 0.25) is 0 Å². The van der Waals surface area contributed by atoms with Crippen molar-refractivity contribution in [1.82, 2.24) is 10.2 Å². The van der Waals surface area contributed by atoms with E-state index >= 15 is 0 Å². The summed E-state index contributed by atoms with van der Waals surface area (Å²) in [6.07, 6.45) is 7.04. The Morgan fingerprint density at radius 2 is 2.47 bits per heavy atom. The molecule has 1 N–H and O–H groups in total.